The molecule has 0 saturated heterocycles. The highest BCUT2D eigenvalue weighted by Gasteiger charge is 2.28. The summed E-state index contributed by atoms with van der Waals surface area (Å²) in [6, 6.07) is 3.23. The van der Waals surface area contributed by atoms with Gasteiger partial charge in [-0.05, 0) is 44.0 Å². The van der Waals surface area contributed by atoms with Gasteiger partial charge in [-0.25, -0.2) is 4.99 Å². The van der Waals surface area contributed by atoms with Crippen molar-refractivity contribution in [3.63, 3.8) is 0 Å². The summed E-state index contributed by atoms with van der Waals surface area (Å²) in [5.41, 5.74) is 2.54. The summed E-state index contributed by atoms with van der Waals surface area (Å²) in [7, 11) is 1.89. The van der Waals surface area contributed by atoms with Crippen molar-refractivity contribution in [1.29, 1.82) is 0 Å². The lowest BCUT2D eigenvalue weighted by Gasteiger charge is -2.12. The van der Waals surface area contributed by atoms with Crippen molar-refractivity contribution >= 4 is 17.8 Å². The zero-order valence-electron chi connectivity index (χ0n) is 13.3. The van der Waals surface area contributed by atoms with Gasteiger partial charge in [-0.2, -0.15) is 13.2 Å². The van der Waals surface area contributed by atoms with Crippen LogP contribution in [-0.2, 0) is 0 Å². The Bertz CT molecular complexity index is 565. The smallest absolute Gasteiger partial charge is 0.366 e. The van der Waals surface area contributed by atoms with Crippen LogP contribution in [0.25, 0.3) is 0 Å². The molecule has 0 N–H and O–H groups in total. The van der Waals surface area contributed by atoms with E-state index in [0.717, 1.165) is 12.1 Å². The van der Waals surface area contributed by atoms with Crippen molar-refractivity contribution in [1.82, 2.24) is 4.90 Å². The van der Waals surface area contributed by atoms with Crippen molar-refractivity contribution in [3.05, 3.63) is 28.8 Å². The maximum Gasteiger partial charge on any atom is 0.389 e. The maximum atomic E-state index is 12.2. The molecule has 0 fully saturated rings. The zero-order chi connectivity index (χ0) is 16.9. The van der Waals surface area contributed by atoms with Crippen LogP contribution in [0, 0.1) is 13.8 Å². The van der Waals surface area contributed by atoms with E-state index < -0.39 is 24.8 Å². The minimum absolute atomic E-state index is 0.338. The molecule has 1 aromatic carbocycles. The molecule has 0 atom stereocenters. The Hall–Kier alpha value is -1.85. The van der Waals surface area contributed by atoms with E-state index in [0.29, 0.717) is 16.8 Å². The molecule has 0 unspecified atom stereocenters. The van der Waals surface area contributed by atoms with Gasteiger partial charge in [-0.15, -0.1) is 0 Å². The van der Waals surface area contributed by atoms with Gasteiger partial charge in [0, 0.05) is 25.6 Å². The molecule has 0 heterocycles. The third-order valence-corrected chi connectivity index (χ3v) is 3.59. The molecule has 1 rings (SSSR count). The number of Topliss-reactive ketones (excluding diaryl/α,β-unsaturated/α-hetero) is 1. The fourth-order valence-electron chi connectivity index (χ4n) is 1.88. The Kier molecular flexibility index (Phi) is 6.14. The summed E-state index contributed by atoms with van der Waals surface area (Å²) in [6.07, 6.45) is -4.24. The van der Waals surface area contributed by atoms with Crippen LogP contribution < -0.4 is 0 Å². The van der Waals surface area contributed by atoms with Gasteiger partial charge in [0.25, 0.3) is 0 Å². The highest BCUT2D eigenvalue weighted by molar-refractivity contribution is 5.98. The van der Waals surface area contributed by atoms with Gasteiger partial charge in [0.15, 0.2) is 5.78 Å². The SMILES string of the molecule is CCN(C)C=Nc1ccc(C(=O)CCC(F)(F)F)c(C)c1C. The fraction of sp³-hybridized carbons (Fsp3) is 0.500. The molecule has 1 aromatic rings. The molecule has 0 radical (unpaired) electrons. The number of hydrogen-bond acceptors (Lipinski definition) is 2. The molecule has 0 bridgehead atoms. The van der Waals surface area contributed by atoms with Gasteiger partial charge in [0.05, 0.1) is 18.4 Å². The molecule has 0 aromatic heterocycles. The third kappa shape index (κ3) is 5.16. The Morgan fingerprint density at radius 1 is 1.27 bits per heavy atom. The van der Waals surface area contributed by atoms with Crippen LogP contribution in [0.5, 0.6) is 0 Å². The molecule has 0 aliphatic rings. The molecule has 0 aliphatic heterocycles. The second-order valence-electron chi connectivity index (χ2n) is 5.24. The molecule has 0 saturated carbocycles. The Balaban J connectivity index is 2.94. The monoisotopic (exact) mass is 314 g/mol. The van der Waals surface area contributed by atoms with Gasteiger partial charge in [0.1, 0.15) is 0 Å². The van der Waals surface area contributed by atoms with Gasteiger partial charge >= 0.3 is 6.18 Å². The van der Waals surface area contributed by atoms with E-state index in [4.69, 9.17) is 0 Å². The van der Waals surface area contributed by atoms with Crippen LogP contribution in [0.2, 0.25) is 0 Å². The van der Waals surface area contributed by atoms with Gasteiger partial charge in [0.2, 0.25) is 0 Å². The first-order chi connectivity index (χ1) is 10.2. The van der Waals surface area contributed by atoms with Crippen molar-refractivity contribution in [2.75, 3.05) is 13.6 Å². The number of hydrogen-bond donors (Lipinski definition) is 0. The third-order valence-electron chi connectivity index (χ3n) is 3.59. The highest BCUT2D eigenvalue weighted by Crippen LogP contribution is 2.27. The van der Waals surface area contributed by atoms with Gasteiger partial charge in [-0.3, -0.25) is 4.79 Å². The molecule has 0 aliphatic carbocycles. The molecular formula is C16H21F3N2O. The molecule has 3 nitrogen and oxygen atoms in total. The van der Waals surface area contributed by atoms with Crippen molar-refractivity contribution in [2.45, 2.75) is 39.8 Å². The summed E-state index contributed by atoms with van der Waals surface area (Å²) in [4.78, 5) is 18.2. The number of ketones is 1. The van der Waals surface area contributed by atoms with Crippen molar-refractivity contribution in [3.8, 4) is 0 Å². The predicted octanol–water partition coefficient (Wildman–Crippen LogP) is 4.44. The zero-order valence-corrected chi connectivity index (χ0v) is 13.3. The second kappa shape index (κ2) is 7.42. The van der Waals surface area contributed by atoms with Gasteiger partial charge < -0.3 is 4.90 Å². The average molecular weight is 314 g/mol. The lowest BCUT2D eigenvalue weighted by atomic mass is 9.96. The number of carbonyl (C=O) groups is 1. The number of rotatable bonds is 6. The molecular weight excluding hydrogens is 293 g/mol. The Labute approximate surface area is 128 Å². The quantitative estimate of drug-likeness (QED) is 0.442. The number of benzene rings is 1. The topological polar surface area (TPSA) is 32.7 Å². The van der Waals surface area contributed by atoms with E-state index >= 15 is 0 Å². The number of carbonyl (C=O) groups excluding carboxylic acids is 1. The Morgan fingerprint density at radius 3 is 2.45 bits per heavy atom. The van der Waals surface area contributed by atoms with E-state index in [9.17, 15) is 18.0 Å². The first-order valence-corrected chi connectivity index (χ1v) is 7.10. The summed E-state index contributed by atoms with van der Waals surface area (Å²) >= 11 is 0. The molecule has 0 spiro atoms. The first-order valence-electron chi connectivity index (χ1n) is 7.10. The molecule has 6 heteroatoms. The summed E-state index contributed by atoms with van der Waals surface area (Å²) in [6.45, 7) is 6.36. The van der Waals surface area contributed by atoms with Crippen molar-refractivity contribution < 1.29 is 18.0 Å². The van der Waals surface area contributed by atoms with Crippen LogP contribution in [0.3, 0.4) is 0 Å². The van der Waals surface area contributed by atoms with E-state index in [1.54, 1.807) is 25.4 Å². The number of alkyl halides is 3. The lowest BCUT2D eigenvalue weighted by Crippen LogP contribution is -2.14. The fourth-order valence-corrected chi connectivity index (χ4v) is 1.88. The predicted molar refractivity (Wildman–Crippen MR) is 82.0 cm³/mol. The largest absolute Gasteiger partial charge is 0.389 e. The van der Waals surface area contributed by atoms with Gasteiger partial charge in [-0.1, -0.05) is 0 Å². The maximum absolute atomic E-state index is 12.2. The van der Waals surface area contributed by atoms with E-state index in [-0.39, 0.29) is 0 Å². The highest BCUT2D eigenvalue weighted by atomic mass is 19.4. The number of nitrogens with zero attached hydrogens (tertiary/aromatic N) is 2. The molecule has 122 valence electrons. The van der Waals surface area contributed by atoms with E-state index in [2.05, 4.69) is 4.99 Å². The van der Waals surface area contributed by atoms with Crippen LogP contribution in [0.15, 0.2) is 17.1 Å². The van der Waals surface area contributed by atoms with Crippen LogP contribution >= 0.6 is 0 Å². The second-order valence-corrected chi connectivity index (χ2v) is 5.24. The Morgan fingerprint density at radius 2 is 1.91 bits per heavy atom. The van der Waals surface area contributed by atoms with Crippen molar-refractivity contribution in [2.24, 2.45) is 4.99 Å². The standard InChI is InChI=1S/C16H21F3N2O/c1-5-21(4)10-20-14-7-6-13(11(2)12(14)3)15(22)8-9-16(17,18)19/h6-7,10H,5,8-9H2,1-4H3. The molecule has 0 amide bonds. The summed E-state index contributed by atoms with van der Waals surface area (Å²) < 4.78 is 36.6. The summed E-state index contributed by atoms with van der Waals surface area (Å²) in [5.74, 6) is -0.487. The lowest BCUT2D eigenvalue weighted by molar-refractivity contribution is -0.133. The van der Waals surface area contributed by atoms with Crippen LogP contribution in [0.1, 0.15) is 41.3 Å². The van der Waals surface area contributed by atoms with E-state index in [1.165, 1.54) is 0 Å². The normalized spacial score (nSPS) is 12.0. The minimum Gasteiger partial charge on any atom is -0.366 e. The van der Waals surface area contributed by atoms with E-state index in [1.807, 2.05) is 25.8 Å². The summed E-state index contributed by atoms with van der Waals surface area (Å²) in [5, 5.41) is 0. The number of halogens is 3. The first kappa shape index (κ1) is 18.2. The number of aliphatic imine (C=N–C) groups is 1. The molecule has 22 heavy (non-hydrogen) atoms. The van der Waals surface area contributed by atoms with Crippen LogP contribution in [-0.4, -0.2) is 36.8 Å². The minimum atomic E-state index is -4.31. The van der Waals surface area contributed by atoms with Crippen LogP contribution in [0.4, 0.5) is 18.9 Å². The average Bonchev–Trinajstić information content (AvgIpc) is 2.45.